The maximum Gasteiger partial charge on any atom is 0.293 e. The van der Waals surface area contributed by atoms with Crippen molar-refractivity contribution in [3.8, 4) is 5.69 Å². The first-order valence-corrected chi connectivity index (χ1v) is 9.02. The Hall–Kier alpha value is -3.53. The topological polar surface area (TPSA) is 96.2 Å². The quantitative estimate of drug-likeness (QED) is 0.531. The monoisotopic (exact) mass is 399 g/mol. The van der Waals surface area contributed by atoms with E-state index in [0.29, 0.717) is 31.9 Å². The number of aromatic amines is 1. The number of H-pyrrole nitrogens is 1. The molecule has 29 heavy (non-hydrogen) atoms. The average molecular weight is 399 g/mol. The van der Waals surface area contributed by atoms with Gasteiger partial charge in [-0.3, -0.25) is 14.2 Å². The second kappa shape index (κ2) is 6.52. The zero-order chi connectivity index (χ0) is 20.1. The molecule has 4 aromatic rings. The molecule has 0 atom stereocenters. The largest absolute Gasteiger partial charge is 0.359 e. The minimum Gasteiger partial charge on any atom is -0.359 e. The van der Waals surface area contributed by atoms with Crippen LogP contribution < -0.4 is 21.2 Å². The highest BCUT2D eigenvalue weighted by Crippen LogP contribution is 2.26. The summed E-state index contributed by atoms with van der Waals surface area (Å²) in [5.41, 5.74) is -0.943. The molecule has 0 aliphatic carbocycles. The van der Waals surface area contributed by atoms with Gasteiger partial charge in [0.1, 0.15) is 5.82 Å². The zero-order valence-electron chi connectivity index (χ0n) is 15.0. The van der Waals surface area contributed by atoms with E-state index in [1.165, 1.54) is 28.8 Å². The van der Waals surface area contributed by atoms with Crippen molar-refractivity contribution in [2.45, 2.75) is 0 Å². The molecule has 5 rings (SSSR count). The van der Waals surface area contributed by atoms with E-state index in [4.69, 9.17) is 4.52 Å². The highest BCUT2D eigenvalue weighted by Gasteiger charge is 2.24. The fourth-order valence-electron chi connectivity index (χ4n) is 3.62. The van der Waals surface area contributed by atoms with E-state index in [0.717, 1.165) is 6.07 Å². The standard InChI is InChI=1S/C19H15F2N5O3/c20-10-1-3-11(4-2-10)26-16-12(15(27)14-18(28)24-29-19(14)26)9-13(21)17(23-16)25-7-5-22-6-8-25/h1-4,9,22H,5-8H2,(H,24,28). The summed E-state index contributed by atoms with van der Waals surface area (Å²) in [5.74, 6) is -1.00. The molecule has 1 aliphatic rings. The molecule has 0 bridgehead atoms. The number of hydrogen-bond acceptors (Lipinski definition) is 6. The zero-order valence-corrected chi connectivity index (χ0v) is 15.0. The molecule has 10 heteroatoms. The van der Waals surface area contributed by atoms with Gasteiger partial charge in [-0.25, -0.2) is 13.8 Å². The SMILES string of the molecule is O=c1[nH]oc2c1c(=O)c1cc(F)c(N3CCNCC3)nc1n2-c1ccc(F)cc1. The van der Waals surface area contributed by atoms with Crippen LogP contribution in [-0.4, -0.2) is 40.9 Å². The number of nitrogens with one attached hydrogen (secondary N) is 2. The van der Waals surface area contributed by atoms with Crippen molar-refractivity contribution in [3.63, 3.8) is 0 Å². The first kappa shape index (κ1) is 17.6. The molecule has 0 amide bonds. The third-order valence-corrected chi connectivity index (χ3v) is 5.01. The van der Waals surface area contributed by atoms with Gasteiger partial charge in [0, 0.05) is 26.2 Å². The summed E-state index contributed by atoms with van der Waals surface area (Å²) in [4.78, 5) is 31.2. The minimum atomic E-state index is -0.727. The number of fused-ring (bicyclic) bond motifs is 2. The van der Waals surface area contributed by atoms with Crippen LogP contribution in [0.4, 0.5) is 14.6 Å². The second-order valence-electron chi connectivity index (χ2n) is 6.76. The molecule has 0 unspecified atom stereocenters. The lowest BCUT2D eigenvalue weighted by molar-refractivity contribution is 0.437. The number of aromatic nitrogens is 3. The molecular weight excluding hydrogens is 384 g/mol. The highest BCUT2D eigenvalue weighted by molar-refractivity contribution is 5.91. The van der Waals surface area contributed by atoms with Crippen molar-refractivity contribution in [1.29, 1.82) is 0 Å². The van der Waals surface area contributed by atoms with Gasteiger partial charge in [-0.05, 0) is 30.3 Å². The Kier molecular flexibility index (Phi) is 3.95. The first-order chi connectivity index (χ1) is 14.0. The van der Waals surface area contributed by atoms with Gasteiger partial charge in [-0.2, -0.15) is 5.16 Å². The second-order valence-corrected chi connectivity index (χ2v) is 6.76. The molecule has 3 aromatic heterocycles. The summed E-state index contributed by atoms with van der Waals surface area (Å²) in [6.45, 7) is 2.46. The van der Waals surface area contributed by atoms with Crippen LogP contribution in [0.15, 0.2) is 44.4 Å². The number of rotatable bonds is 2. The fourth-order valence-corrected chi connectivity index (χ4v) is 3.62. The van der Waals surface area contributed by atoms with Crippen LogP contribution in [0.25, 0.3) is 27.8 Å². The van der Waals surface area contributed by atoms with Gasteiger partial charge in [0.2, 0.25) is 11.1 Å². The van der Waals surface area contributed by atoms with Crippen molar-refractivity contribution in [2.24, 2.45) is 0 Å². The van der Waals surface area contributed by atoms with E-state index < -0.39 is 22.6 Å². The fraction of sp³-hybridized carbons (Fsp3) is 0.211. The van der Waals surface area contributed by atoms with Gasteiger partial charge < -0.3 is 14.7 Å². The summed E-state index contributed by atoms with van der Waals surface area (Å²) >= 11 is 0. The van der Waals surface area contributed by atoms with Gasteiger partial charge >= 0.3 is 0 Å². The summed E-state index contributed by atoms with van der Waals surface area (Å²) in [6.07, 6.45) is 0. The maximum atomic E-state index is 14.9. The number of piperazine rings is 1. The highest BCUT2D eigenvalue weighted by atomic mass is 19.1. The summed E-state index contributed by atoms with van der Waals surface area (Å²) in [7, 11) is 0. The van der Waals surface area contributed by atoms with E-state index >= 15 is 0 Å². The average Bonchev–Trinajstić information content (AvgIpc) is 3.12. The van der Waals surface area contributed by atoms with Crippen molar-refractivity contribution < 1.29 is 13.3 Å². The van der Waals surface area contributed by atoms with Crippen LogP contribution in [-0.2, 0) is 0 Å². The lowest BCUT2D eigenvalue weighted by Gasteiger charge is -2.29. The van der Waals surface area contributed by atoms with Crippen LogP contribution in [0.5, 0.6) is 0 Å². The Labute approximate surface area is 161 Å². The molecule has 1 aromatic carbocycles. The molecule has 1 saturated heterocycles. The van der Waals surface area contributed by atoms with Crippen LogP contribution in [0.3, 0.4) is 0 Å². The van der Waals surface area contributed by atoms with E-state index in [2.05, 4.69) is 15.5 Å². The Morgan fingerprint density at radius 2 is 1.79 bits per heavy atom. The van der Waals surface area contributed by atoms with Crippen molar-refractivity contribution >= 4 is 28.0 Å². The van der Waals surface area contributed by atoms with Crippen LogP contribution in [0, 0.1) is 11.6 Å². The maximum absolute atomic E-state index is 14.9. The van der Waals surface area contributed by atoms with Crippen LogP contribution >= 0.6 is 0 Å². The van der Waals surface area contributed by atoms with E-state index in [-0.39, 0.29) is 28.0 Å². The molecule has 0 radical (unpaired) electrons. The lowest BCUT2D eigenvalue weighted by Crippen LogP contribution is -2.44. The third-order valence-electron chi connectivity index (χ3n) is 5.01. The normalized spacial score (nSPS) is 14.8. The number of anilines is 1. The van der Waals surface area contributed by atoms with Gasteiger partial charge in [0.25, 0.3) is 5.56 Å². The molecule has 0 saturated carbocycles. The van der Waals surface area contributed by atoms with Crippen molar-refractivity contribution in [2.75, 3.05) is 31.1 Å². The van der Waals surface area contributed by atoms with E-state index in [9.17, 15) is 18.4 Å². The van der Waals surface area contributed by atoms with Crippen LogP contribution in [0.1, 0.15) is 0 Å². The lowest BCUT2D eigenvalue weighted by atomic mass is 10.2. The van der Waals surface area contributed by atoms with Gasteiger partial charge in [-0.1, -0.05) is 0 Å². The smallest absolute Gasteiger partial charge is 0.293 e. The van der Waals surface area contributed by atoms with Gasteiger partial charge in [0.15, 0.2) is 22.7 Å². The summed E-state index contributed by atoms with van der Waals surface area (Å²) < 4.78 is 35.0. The van der Waals surface area contributed by atoms with Gasteiger partial charge in [0.05, 0.1) is 11.1 Å². The Balaban J connectivity index is 1.90. The third kappa shape index (κ3) is 2.71. The molecular formula is C19H15F2N5O3. The molecule has 0 spiro atoms. The predicted molar refractivity (Wildman–Crippen MR) is 103 cm³/mol. The number of nitrogens with zero attached hydrogens (tertiary/aromatic N) is 3. The van der Waals surface area contributed by atoms with Crippen LogP contribution in [0.2, 0.25) is 0 Å². The Morgan fingerprint density at radius 3 is 2.52 bits per heavy atom. The van der Waals surface area contributed by atoms with E-state index in [1.54, 1.807) is 4.90 Å². The van der Waals surface area contributed by atoms with Gasteiger partial charge in [-0.15, -0.1) is 0 Å². The molecule has 4 heterocycles. The molecule has 1 fully saturated rings. The number of pyridine rings is 2. The molecule has 148 valence electrons. The van der Waals surface area contributed by atoms with E-state index in [1.807, 2.05) is 0 Å². The molecule has 8 nitrogen and oxygen atoms in total. The molecule has 1 aliphatic heterocycles. The number of benzene rings is 1. The minimum absolute atomic E-state index is 0.0647. The molecule has 2 N–H and O–H groups in total. The van der Waals surface area contributed by atoms with Crippen molar-refractivity contribution in [3.05, 3.63) is 62.5 Å². The summed E-state index contributed by atoms with van der Waals surface area (Å²) in [6, 6.07) is 6.48. The van der Waals surface area contributed by atoms with Crippen molar-refractivity contribution in [1.82, 2.24) is 20.0 Å². The first-order valence-electron chi connectivity index (χ1n) is 9.02. The number of halogens is 2. The summed E-state index contributed by atoms with van der Waals surface area (Å²) in [5, 5.41) is 5.01. The predicted octanol–water partition coefficient (Wildman–Crippen LogP) is 1.51. The Morgan fingerprint density at radius 1 is 1.07 bits per heavy atom. The number of hydrogen-bond donors (Lipinski definition) is 2. The Bertz CT molecular complexity index is 1350.